The lowest BCUT2D eigenvalue weighted by Crippen LogP contribution is -2.16. The van der Waals surface area contributed by atoms with E-state index in [4.69, 9.17) is 16.0 Å². The zero-order valence-corrected chi connectivity index (χ0v) is 15.4. The summed E-state index contributed by atoms with van der Waals surface area (Å²) in [5.74, 6) is -1.50. The van der Waals surface area contributed by atoms with Crippen LogP contribution in [0.15, 0.2) is 47.1 Å². The molecule has 0 atom stereocenters. The molecule has 1 amide bonds. The number of nitrogens with one attached hydrogen (secondary N) is 1. The minimum absolute atomic E-state index is 0.0808. The van der Waals surface area contributed by atoms with Crippen LogP contribution in [0.1, 0.15) is 21.9 Å². The fourth-order valence-corrected chi connectivity index (χ4v) is 2.89. The third-order valence-electron chi connectivity index (χ3n) is 4.02. The molecule has 0 spiro atoms. The summed E-state index contributed by atoms with van der Waals surface area (Å²) in [5, 5.41) is 6.73. The Labute approximate surface area is 166 Å². The Kier molecular flexibility index (Phi) is 4.50. The lowest BCUT2D eigenvalue weighted by atomic mass is 10.2. The molecular weight excluding hydrogens is 411 g/mol. The van der Waals surface area contributed by atoms with E-state index in [-0.39, 0.29) is 17.2 Å². The molecule has 29 heavy (non-hydrogen) atoms. The Morgan fingerprint density at radius 3 is 2.66 bits per heavy atom. The lowest BCUT2D eigenvalue weighted by Gasteiger charge is -2.09. The average Bonchev–Trinajstić information content (AvgIpc) is 3.31. The molecule has 0 bridgehead atoms. The molecule has 3 heterocycles. The molecule has 0 radical (unpaired) electrons. The summed E-state index contributed by atoms with van der Waals surface area (Å²) in [6.07, 6.45) is -3.44. The number of benzene rings is 1. The van der Waals surface area contributed by atoms with Gasteiger partial charge in [-0.15, -0.1) is 5.10 Å². The number of aryl methyl sites for hydroxylation is 1. The molecule has 3 aromatic heterocycles. The molecule has 0 aliphatic heterocycles. The van der Waals surface area contributed by atoms with Gasteiger partial charge < -0.3 is 9.73 Å². The fourth-order valence-electron chi connectivity index (χ4n) is 2.66. The molecule has 0 saturated carbocycles. The van der Waals surface area contributed by atoms with Crippen molar-refractivity contribution in [1.29, 1.82) is 0 Å². The normalized spacial score (nSPS) is 11.8. The van der Waals surface area contributed by atoms with Gasteiger partial charge in [-0.3, -0.25) is 4.79 Å². The number of carbonyl (C=O) groups excluding carboxylic acids is 1. The third kappa shape index (κ3) is 3.66. The van der Waals surface area contributed by atoms with Gasteiger partial charge in [-0.2, -0.15) is 22.7 Å². The van der Waals surface area contributed by atoms with Crippen molar-refractivity contribution in [2.24, 2.45) is 0 Å². The summed E-state index contributed by atoms with van der Waals surface area (Å²) in [6, 6.07) is 8.54. The minimum atomic E-state index is -4.75. The molecule has 1 N–H and O–H groups in total. The van der Waals surface area contributed by atoms with Crippen molar-refractivity contribution < 1.29 is 22.4 Å². The topological polar surface area (TPSA) is 85.3 Å². The van der Waals surface area contributed by atoms with E-state index >= 15 is 0 Å². The van der Waals surface area contributed by atoms with Crippen molar-refractivity contribution >= 4 is 29.0 Å². The zero-order valence-electron chi connectivity index (χ0n) is 14.7. The van der Waals surface area contributed by atoms with Gasteiger partial charge in [-0.05, 0) is 48.9 Å². The second-order valence-electron chi connectivity index (χ2n) is 6.06. The highest BCUT2D eigenvalue weighted by Crippen LogP contribution is 2.32. The van der Waals surface area contributed by atoms with Gasteiger partial charge in [0.15, 0.2) is 11.5 Å². The first kappa shape index (κ1) is 18.9. The number of halogens is 4. The van der Waals surface area contributed by atoms with Gasteiger partial charge in [-0.1, -0.05) is 11.6 Å². The van der Waals surface area contributed by atoms with Crippen LogP contribution in [0.2, 0.25) is 5.02 Å². The number of nitrogens with zero attached hydrogens (tertiary/aromatic N) is 4. The Hall–Kier alpha value is -3.40. The zero-order chi connectivity index (χ0) is 20.8. The van der Waals surface area contributed by atoms with Crippen LogP contribution in [0, 0.1) is 6.92 Å². The van der Waals surface area contributed by atoms with Gasteiger partial charge >= 0.3 is 6.18 Å². The van der Waals surface area contributed by atoms with Gasteiger partial charge in [0.2, 0.25) is 5.82 Å². The van der Waals surface area contributed by atoms with E-state index in [2.05, 4.69) is 20.4 Å². The number of hydrogen-bond donors (Lipinski definition) is 1. The van der Waals surface area contributed by atoms with Crippen molar-refractivity contribution in [2.75, 3.05) is 5.32 Å². The highest BCUT2D eigenvalue weighted by Gasteiger charge is 2.36. The van der Waals surface area contributed by atoms with Crippen molar-refractivity contribution in [1.82, 2.24) is 19.6 Å². The number of rotatable bonds is 3. The average molecular weight is 422 g/mol. The standard InChI is InChI=1S/C18H11ClF3N5O2/c1-9-7-10(19)4-5-11(9)23-16(28)15-25-17-24-12(13-3-2-6-29-13)8-14(18(20,21)22)27(17)26-15/h2-8H,1H3,(H,23,28). The van der Waals surface area contributed by atoms with Crippen LogP contribution in [0.4, 0.5) is 18.9 Å². The molecule has 148 valence electrons. The summed E-state index contributed by atoms with van der Waals surface area (Å²) < 4.78 is 46.2. The number of carbonyl (C=O) groups is 1. The maximum Gasteiger partial charge on any atom is 0.433 e. The first-order chi connectivity index (χ1) is 13.7. The van der Waals surface area contributed by atoms with Gasteiger partial charge in [0.05, 0.1) is 6.26 Å². The van der Waals surface area contributed by atoms with E-state index < -0.39 is 23.6 Å². The molecule has 0 saturated heterocycles. The number of amides is 1. The van der Waals surface area contributed by atoms with Gasteiger partial charge in [-0.25, -0.2) is 4.98 Å². The van der Waals surface area contributed by atoms with E-state index in [9.17, 15) is 18.0 Å². The minimum Gasteiger partial charge on any atom is -0.463 e. The van der Waals surface area contributed by atoms with E-state index in [0.29, 0.717) is 20.8 Å². The SMILES string of the molecule is Cc1cc(Cl)ccc1NC(=O)c1nc2nc(-c3ccco3)cc(C(F)(F)F)n2n1. The lowest BCUT2D eigenvalue weighted by molar-refractivity contribution is -0.142. The number of fused-ring (bicyclic) bond motifs is 1. The fraction of sp³-hybridized carbons (Fsp3) is 0.111. The molecular formula is C18H11ClF3N5O2. The number of furan rings is 1. The molecule has 0 aliphatic rings. The van der Waals surface area contributed by atoms with Crippen molar-refractivity contribution in [2.45, 2.75) is 13.1 Å². The molecule has 0 fully saturated rings. The molecule has 0 unspecified atom stereocenters. The molecule has 0 aliphatic carbocycles. The number of alkyl halides is 3. The Morgan fingerprint density at radius 1 is 1.21 bits per heavy atom. The second-order valence-corrected chi connectivity index (χ2v) is 6.50. The second kappa shape index (κ2) is 6.89. The predicted octanol–water partition coefficient (Wildman–Crippen LogP) is 4.62. The summed E-state index contributed by atoms with van der Waals surface area (Å²) in [4.78, 5) is 20.4. The largest absolute Gasteiger partial charge is 0.463 e. The van der Waals surface area contributed by atoms with E-state index in [1.165, 1.54) is 18.4 Å². The first-order valence-electron chi connectivity index (χ1n) is 8.19. The summed E-state index contributed by atoms with van der Waals surface area (Å²) in [7, 11) is 0. The Bertz CT molecular complexity index is 1220. The van der Waals surface area contributed by atoms with Crippen LogP contribution < -0.4 is 5.32 Å². The van der Waals surface area contributed by atoms with Crippen molar-refractivity contribution in [3.05, 3.63) is 64.8 Å². The Morgan fingerprint density at radius 2 is 2.00 bits per heavy atom. The van der Waals surface area contributed by atoms with E-state index in [0.717, 1.165) is 6.07 Å². The van der Waals surface area contributed by atoms with Crippen LogP contribution in [-0.4, -0.2) is 25.5 Å². The van der Waals surface area contributed by atoms with Crippen molar-refractivity contribution in [3.63, 3.8) is 0 Å². The van der Waals surface area contributed by atoms with Crippen LogP contribution >= 0.6 is 11.6 Å². The Balaban J connectivity index is 1.77. The summed E-state index contributed by atoms with van der Waals surface area (Å²) in [5.41, 5.74) is -0.117. The van der Waals surface area contributed by atoms with Crippen molar-refractivity contribution in [3.8, 4) is 11.5 Å². The first-order valence-corrected chi connectivity index (χ1v) is 8.56. The monoisotopic (exact) mass is 421 g/mol. The predicted molar refractivity (Wildman–Crippen MR) is 97.6 cm³/mol. The summed E-state index contributed by atoms with van der Waals surface area (Å²) >= 11 is 5.88. The smallest absolute Gasteiger partial charge is 0.433 e. The number of aromatic nitrogens is 4. The van der Waals surface area contributed by atoms with Gasteiger partial charge in [0, 0.05) is 10.7 Å². The van der Waals surface area contributed by atoms with Crippen LogP contribution in [-0.2, 0) is 6.18 Å². The molecule has 11 heteroatoms. The highest BCUT2D eigenvalue weighted by molar-refractivity contribution is 6.30. The summed E-state index contributed by atoms with van der Waals surface area (Å²) in [6.45, 7) is 1.72. The van der Waals surface area contributed by atoms with Crippen LogP contribution in [0.3, 0.4) is 0 Å². The molecule has 7 nitrogen and oxygen atoms in total. The van der Waals surface area contributed by atoms with Crippen LogP contribution in [0.25, 0.3) is 17.2 Å². The maximum absolute atomic E-state index is 13.5. The highest BCUT2D eigenvalue weighted by atomic mass is 35.5. The van der Waals surface area contributed by atoms with Gasteiger partial charge in [0.25, 0.3) is 11.7 Å². The van der Waals surface area contributed by atoms with Crippen LogP contribution in [0.5, 0.6) is 0 Å². The van der Waals surface area contributed by atoms with Gasteiger partial charge in [0.1, 0.15) is 5.69 Å². The molecule has 4 aromatic rings. The number of hydrogen-bond acceptors (Lipinski definition) is 5. The molecule has 4 rings (SSSR count). The molecule has 1 aromatic carbocycles. The van der Waals surface area contributed by atoms with E-state index in [1.807, 2.05) is 0 Å². The third-order valence-corrected chi connectivity index (χ3v) is 4.25. The maximum atomic E-state index is 13.5. The number of anilines is 1. The van der Waals surface area contributed by atoms with E-state index in [1.54, 1.807) is 25.1 Å². The quantitative estimate of drug-likeness (QED) is 0.522.